The Labute approximate surface area is 173 Å². The molecular weight excluding hydrogens is 480 g/mol. The minimum Gasteiger partial charge on any atom is -0.343 e. The maximum Gasteiger partial charge on any atom is 0.252 e. The van der Waals surface area contributed by atoms with Gasteiger partial charge in [-0.2, -0.15) is 0 Å². The molecule has 2 amide bonds. The molecule has 0 unspecified atom stereocenters. The second kappa shape index (κ2) is 8.57. The van der Waals surface area contributed by atoms with E-state index in [0.29, 0.717) is 16.4 Å². The van der Waals surface area contributed by atoms with Gasteiger partial charge in [0.25, 0.3) is 5.91 Å². The van der Waals surface area contributed by atoms with Gasteiger partial charge in [-0.15, -0.1) is 11.3 Å². The predicted octanol–water partition coefficient (Wildman–Crippen LogP) is 4.23. The number of carbonyl (C=O) groups excluding carboxylic acids is 2. The molecule has 2 N–H and O–H groups in total. The summed E-state index contributed by atoms with van der Waals surface area (Å²) in [6.45, 7) is 1.72. The van der Waals surface area contributed by atoms with Gasteiger partial charge >= 0.3 is 0 Å². The third kappa shape index (κ3) is 4.89. The van der Waals surface area contributed by atoms with Crippen LogP contribution < -0.4 is 10.6 Å². The largest absolute Gasteiger partial charge is 0.343 e. The van der Waals surface area contributed by atoms with Crippen molar-refractivity contribution in [1.29, 1.82) is 0 Å². The lowest BCUT2D eigenvalue weighted by Gasteiger charge is -2.06. The molecule has 5 nitrogen and oxygen atoms in total. The summed E-state index contributed by atoms with van der Waals surface area (Å²) in [5.74, 6) is -0.991. The number of nitrogens with one attached hydrogen (secondary N) is 2. The number of halogens is 2. The van der Waals surface area contributed by atoms with Crippen LogP contribution in [0.3, 0.4) is 0 Å². The molecule has 0 radical (unpaired) electrons. The normalized spacial score (nSPS) is 10.5. The van der Waals surface area contributed by atoms with Gasteiger partial charge in [0.15, 0.2) is 5.13 Å². The van der Waals surface area contributed by atoms with Crippen molar-refractivity contribution in [3.63, 3.8) is 0 Å². The third-order valence-electron chi connectivity index (χ3n) is 3.69. The number of hydrogen-bond acceptors (Lipinski definition) is 4. The molecule has 0 aliphatic carbocycles. The van der Waals surface area contributed by atoms with E-state index in [-0.39, 0.29) is 24.2 Å². The molecule has 0 saturated heterocycles. The Morgan fingerprint density at radius 1 is 1.15 bits per heavy atom. The van der Waals surface area contributed by atoms with Crippen LogP contribution in [-0.4, -0.2) is 23.3 Å². The molecule has 2 aromatic carbocycles. The number of anilines is 1. The molecule has 3 aromatic rings. The zero-order chi connectivity index (χ0) is 19.4. The first-order valence-corrected chi connectivity index (χ1v) is 9.89. The second-order valence-electron chi connectivity index (χ2n) is 5.64. The molecule has 0 aliphatic rings. The smallest absolute Gasteiger partial charge is 0.252 e. The summed E-state index contributed by atoms with van der Waals surface area (Å²) in [4.78, 5) is 29.6. The van der Waals surface area contributed by atoms with Crippen LogP contribution in [-0.2, 0) is 4.79 Å². The van der Waals surface area contributed by atoms with Crippen LogP contribution >= 0.6 is 33.9 Å². The van der Waals surface area contributed by atoms with Crippen molar-refractivity contribution in [2.45, 2.75) is 6.92 Å². The second-order valence-corrected chi connectivity index (χ2v) is 8.01. The minimum atomic E-state index is -0.367. The van der Waals surface area contributed by atoms with E-state index in [1.54, 1.807) is 24.3 Å². The maximum absolute atomic E-state index is 13.1. The Hall–Kier alpha value is -2.33. The van der Waals surface area contributed by atoms with Gasteiger partial charge in [-0.25, -0.2) is 9.37 Å². The molecule has 0 fully saturated rings. The fourth-order valence-electron chi connectivity index (χ4n) is 2.39. The summed E-state index contributed by atoms with van der Waals surface area (Å²) in [5.41, 5.74) is 1.99. The fraction of sp³-hybridized carbons (Fsp3) is 0.105. The van der Waals surface area contributed by atoms with Crippen LogP contribution in [0.25, 0.3) is 11.3 Å². The molecule has 0 spiro atoms. The molecule has 1 aromatic heterocycles. The predicted molar refractivity (Wildman–Crippen MR) is 112 cm³/mol. The Balaban J connectivity index is 1.61. The van der Waals surface area contributed by atoms with Gasteiger partial charge in [0.1, 0.15) is 5.82 Å². The van der Waals surface area contributed by atoms with E-state index >= 15 is 0 Å². The summed E-state index contributed by atoms with van der Waals surface area (Å²) < 4.78 is 13.9. The van der Waals surface area contributed by atoms with E-state index in [0.717, 1.165) is 14.0 Å². The van der Waals surface area contributed by atoms with Crippen LogP contribution in [0.2, 0.25) is 0 Å². The third-order valence-corrected chi connectivity index (χ3v) is 5.52. The first-order chi connectivity index (χ1) is 12.9. The molecule has 8 heteroatoms. The van der Waals surface area contributed by atoms with E-state index in [9.17, 15) is 14.0 Å². The molecule has 3 rings (SSSR count). The zero-order valence-corrected chi connectivity index (χ0v) is 17.2. The number of aromatic nitrogens is 1. The number of thiazole rings is 1. The number of nitrogens with zero attached hydrogens (tertiary/aromatic N) is 1. The molecule has 0 saturated carbocycles. The van der Waals surface area contributed by atoms with Crippen molar-refractivity contribution in [2.24, 2.45) is 0 Å². The van der Waals surface area contributed by atoms with Gasteiger partial charge < -0.3 is 10.6 Å². The lowest BCUT2D eigenvalue weighted by atomic mass is 10.1. The van der Waals surface area contributed by atoms with Crippen molar-refractivity contribution < 1.29 is 14.0 Å². The topological polar surface area (TPSA) is 71.1 Å². The highest BCUT2D eigenvalue weighted by atomic mass is 127. The molecule has 0 atom stereocenters. The van der Waals surface area contributed by atoms with Crippen LogP contribution in [0, 0.1) is 16.3 Å². The molecule has 0 aliphatic heterocycles. The first kappa shape index (κ1) is 19.4. The summed E-state index contributed by atoms with van der Waals surface area (Å²) in [7, 11) is 0. The van der Waals surface area contributed by atoms with Crippen molar-refractivity contribution >= 4 is 50.9 Å². The van der Waals surface area contributed by atoms with Crippen LogP contribution in [0.5, 0.6) is 0 Å². The molecule has 0 bridgehead atoms. The van der Waals surface area contributed by atoms with Crippen LogP contribution in [0.1, 0.15) is 15.2 Å². The van der Waals surface area contributed by atoms with Crippen molar-refractivity contribution in [2.75, 3.05) is 11.9 Å². The van der Waals surface area contributed by atoms with Crippen molar-refractivity contribution in [1.82, 2.24) is 10.3 Å². The minimum absolute atomic E-state index is 0.158. The Kier molecular flexibility index (Phi) is 6.17. The van der Waals surface area contributed by atoms with E-state index in [1.807, 2.05) is 19.1 Å². The number of hydrogen-bond donors (Lipinski definition) is 2. The highest BCUT2D eigenvalue weighted by Crippen LogP contribution is 2.30. The molecule has 138 valence electrons. The van der Waals surface area contributed by atoms with Gasteiger partial charge in [0.2, 0.25) is 5.91 Å². The van der Waals surface area contributed by atoms with E-state index in [1.165, 1.54) is 23.5 Å². The van der Waals surface area contributed by atoms with Crippen molar-refractivity contribution in [3.05, 3.63) is 68.4 Å². The SMILES string of the molecule is Cc1sc(NC(=O)CNC(=O)c2ccccc2I)nc1-c1ccc(F)cc1. The number of aryl methyl sites for hydroxylation is 1. The molecule has 1 heterocycles. The number of carbonyl (C=O) groups is 2. The maximum atomic E-state index is 13.1. The van der Waals surface area contributed by atoms with Crippen LogP contribution in [0.15, 0.2) is 48.5 Å². The zero-order valence-electron chi connectivity index (χ0n) is 14.3. The monoisotopic (exact) mass is 495 g/mol. The van der Waals surface area contributed by atoms with E-state index in [4.69, 9.17) is 0 Å². The van der Waals surface area contributed by atoms with Gasteiger partial charge in [-0.05, 0) is 65.9 Å². The van der Waals surface area contributed by atoms with Gasteiger partial charge in [0, 0.05) is 14.0 Å². The van der Waals surface area contributed by atoms with E-state index < -0.39 is 0 Å². The lowest BCUT2D eigenvalue weighted by Crippen LogP contribution is -2.33. The Bertz CT molecular complexity index is 989. The van der Waals surface area contributed by atoms with Gasteiger partial charge in [0.05, 0.1) is 17.8 Å². The van der Waals surface area contributed by atoms with Gasteiger partial charge in [-0.3, -0.25) is 9.59 Å². The molecular formula is C19H15FIN3O2S. The first-order valence-electron chi connectivity index (χ1n) is 8.00. The average Bonchev–Trinajstić information content (AvgIpc) is 3.01. The number of amides is 2. The van der Waals surface area contributed by atoms with Crippen LogP contribution in [0.4, 0.5) is 9.52 Å². The summed E-state index contributed by atoms with van der Waals surface area (Å²) in [6, 6.07) is 13.2. The summed E-state index contributed by atoms with van der Waals surface area (Å²) in [5, 5.41) is 5.71. The van der Waals surface area contributed by atoms with E-state index in [2.05, 4.69) is 38.2 Å². The van der Waals surface area contributed by atoms with Crippen molar-refractivity contribution in [3.8, 4) is 11.3 Å². The summed E-state index contributed by atoms with van der Waals surface area (Å²) >= 11 is 3.40. The summed E-state index contributed by atoms with van der Waals surface area (Å²) in [6.07, 6.45) is 0. The highest BCUT2D eigenvalue weighted by Gasteiger charge is 2.14. The lowest BCUT2D eigenvalue weighted by molar-refractivity contribution is -0.115. The quantitative estimate of drug-likeness (QED) is 0.521. The highest BCUT2D eigenvalue weighted by molar-refractivity contribution is 14.1. The average molecular weight is 495 g/mol. The Morgan fingerprint density at radius 2 is 1.85 bits per heavy atom. The fourth-order valence-corrected chi connectivity index (χ4v) is 3.87. The number of benzene rings is 2. The molecule has 27 heavy (non-hydrogen) atoms. The van der Waals surface area contributed by atoms with Gasteiger partial charge in [-0.1, -0.05) is 12.1 Å². The Morgan fingerprint density at radius 3 is 2.56 bits per heavy atom. The standard InChI is InChI=1S/C19H15FIN3O2S/c1-11-17(12-6-8-13(20)9-7-12)24-19(27-11)23-16(25)10-22-18(26)14-4-2-3-5-15(14)21/h2-9H,10H2,1H3,(H,22,26)(H,23,24,25). The number of rotatable bonds is 5.